The number of hydrogen-bond acceptors (Lipinski definition) is 2. The third-order valence-corrected chi connectivity index (χ3v) is 3.36. The van der Waals surface area contributed by atoms with Crippen molar-refractivity contribution in [3.05, 3.63) is 0 Å². The van der Waals surface area contributed by atoms with Crippen molar-refractivity contribution < 1.29 is 0 Å². The van der Waals surface area contributed by atoms with Crippen molar-refractivity contribution in [1.82, 2.24) is 4.90 Å². The fraction of sp³-hybridized carbons (Fsp3) is 0.900. The number of nitrogens with two attached hydrogens (primary N) is 1. The average molecular weight is 200 g/mol. The van der Waals surface area contributed by atoms with Crippen LogP contribution in [-0.2, 0) is 0 Å². The molecule has 0 aromatic rings. The first kappa shape index (κ1) is 10.9. The molecule has 0 aromatic carbocycles. The van der Waals surface area contributed by atoms with Gasteiger partial charge in [-0.3, -0.25) is 4.90 Å². The molecule has 1 fully saturated rings. The van der Waals surface area contributed by atoms with E-state index in [-0.39, 0.29) is 6.04 Å². The molecular weight excluding hydrogens is 180 g/mol. The summed E-state index contributed by atoms with van der Waals surface area (Å²) in [6.45, 7) is 7.81. The van der Waals surface area contributed by atoms with Gasteiger partial charge >= 0.3 is 0 Å². The Labute approximate surface area is 86.5 Å². The molecule has 1 saturated heterocycles. The van der Waals surface area contributed by atoms with E-state index in [1.54, 1.807) is 0 Å². The summed E-state index contributed by atoms with van der Waals surface area (Å²) in [6.07, 6.45) is 2.58. The van der Waals surface area contributed by atoms with Crippen molar-refractivity contribution in [2.24, 2.45) is 11.7 Å². The molecule has 1 rings (SSSR count). The Hall–Kier alpha value is -0.150. The summed E-state index contributed by atoms with van der Waals surface area (Å²) in [6, 6.07) is 0.946. The molecule has 1 aliphatic heterocycles. The third kappa shape index (κ3) is 2.41. The lowest BCUT2D eigenvalue weighted by molar-refractivity contribution is 0.190. The standard InChI is InChI=1S/C10H20N2S/c1-7(2)9-5-4-6-12(9)8(3)10(11)13/h7-9H,4-6H2,1-3H3,(H2,11,13). The van der Waals surface area contributed by atoms with Gasteiger partial charge in [0.15, 0.2) is 0 Å². The molecule has 13 heavy (non-hydrogen) atoms. The largest absolute Gasteiger partial charge is 0.392 e. The molecule has 1 heterocycles. The average Bonchev–Trinajstić information content (AvgIpc) is 2.50. The van der Waals surface area contributed by atoms with E-state index in [2.05, 4.69) is 25.7 Å². The molecule has 2 nitrogen and oxygen atoms in total. The van der Waals surface area contributed by atoms with Crippen LogP contribution < -0.4 is 5.73 Å². The number of rotatable bonds is 3. The first-order chi connectivity index (χ1) is 6.04. The maximum Gasteiger partial charge on any atom is 0.0899 e. The Kier molecular flexibility index (Phi) is 3.68. The van der Waals surface area contributed by atoms with Crippen LogP contribution in [0.25, 0.3) is 0 Å². The van der Waals surface area contributed by atoms with Crippen LogP contribution in [-0.4, -0.2) is 28.5 Å². The van der Waals surface area contributed by atoms with E-state index in [9.17, 15) is 0 Å². The Bertz CT molecular complexity index is 191. The second-order valence-corrected chi connectivity index (χ2v) is 4.74. The first-order valence-electron chi connectivity index (χ1n) is 5.09. The van der Waals surface area contributed by atoms with Crippen molar-refractivity contribution in [3.8, 4) is 0 Å². The molecule has 3 heteroatoms. The van der Waals surface area contributed by atoms with Crippen LogP contribution in [0, 0.1) is 5.92 Å². The maximum atomic E-state index is 5.67. The lowest BCUT2D eigenvalue weighted by atomic mass is 10.0. The Morgan fingerprint density at radius 3 is 2.54 bits per heavy atom. The second kappa shape index (κ2) is 4.38. The molecule has 2 atom stereocenters. The molecule has 2 N–H and O–H groups in total. The van der Waals surface area contributed by atoms with Gasteiger partial charge in [-0.25, -0.2) is 0 Å². The molecule has 0 spiro atoms. The minimum absolute atomic E-state index is 0.268. The van der Waals surface area contributed by atoms with Crippen molar-refractivity contribution in [1.29, 1.82) is 0 Å². The van der Waals surface area contributed by atoms with Crippen LogP contribution in [0.1, 0.15) is 33.6 Å². The summed E-state index contributed by atoms with van der Waals surface area (Å²) in [4.78, 5) is 3.08. The zero-order valence-electron chi connectivity index (χ0n) is 8.79. The normalized spacial score (nSPS) is 26.6. The van der Waals surface area contributed by atoms with Crippen LogP contribution in [0.4, 0.5) is 0 Å². The summed E-state index contributed by atoms with van der Waals surface area (Å²) >= 11 is 5.03. The zero-order chi connectivity index (χ0) is 10.0. The smallest absolute Gasteiger partial charge is 0.0899 e. The Morgan fingerprint density at radius 1 is 1.46 bits per heavy atom. The van der Waals surface area contributed by atoms with Gasteiger partial charge in [0.1, 0.15) is 0 Å². The fourth-order valence-corrected chi connectivity index (χ4v) is 2.31. The van der Waals surface area contributed by atoms with Gasteiger partial charge in [0.25, 0.3) is 0 Å². The van der Waals surface area contributed by atoms with Crippen LogP contribution >= 0.6 is 12.2 Å². The van der Waals surface area contributed by atoms with Crippen LogP contribution in [0.15, 0.2) is 0 Å². The topological polar surface area (TPSA) is 29.3 Å². The zero-order valence-corrected chi connectivity index (χ0v) is 9.60. The maximum absolute atomic E-state index is 5.67. The van der Waals surface area contributed by atoms with Crippen LogP contribution in [0.3, 0.4) is 0 Å². The summed E-state index contributed by atoms with van der Waals surface area (Å²) < 4.78 is 0. The monoisotopic (exact) mass is 200 g/mol. The molecular formula is C10H20N2S. The Morgan fingerprint density at radius 2 is 2.08 bits per heavy atom. The van der Waals surface area contributed by atoms with Crippen LogP contribution in [0.5, 0.6) is 0 Å². The van der Waals surface area contributed by atoms with Crippen molar-refractivity contribution in [2.45, 2.75) is 45.7 Å². The first-order valence-corrected chi connectivity index (χ1v) is 5.50. The van der Waals surface area contributed by atoms with E-state index in [0.29, 0.717) is 16.9 Å². The van der Waals surface area contributed by atoms with Gasteiger partial charge in [-0.2, -0.15) is 0 Å². The minimum atomic E-state index is 0.268. The van der Waals surface area contributed by atoms with Gasteiger partial charge in [0, 0.05) is 6.04 Å². The van der Waals surface area contributed by atoms with E-state index in [1.807, 2.05) is 0 Å². The highest BCUT2D eigenvalue weighted by atomic mass is 32.1. The molecule has 0 radical (unpaired) electrons. The number of thiocarbonyl (C=S) groups is 1. The summed E-state index contributed by atoms with van der Waals surface area (Å²) in [5, 5.41) is 0. The van der Waals surface area contributed by atoms with Crippen molar-refractivity contribution in [3.63, 3.8) is 0 Å². The molecule has 0 aliphatic carbocycles. The Balaban J connectivity index is 2.62. The fourth-order valence-electron chi connectivity index (χ4n) is 2.18. The van der Waals surface area contributed by atoms with E-state index in [4.69, 9.17) is 18.0 Å². The molecule has 0 amide bonds. The molecule has 2 unspecified atom stereocenters. The van der Waals surface area contributed by atoms with E-state index >= 15 is 0 Å². The van der Waals surface area contributed by atoms with E-state index < -0.39 is 0 Å². The lowest BCUT2D eigenvalue weighted by Gasteiger charge is -2.32. The van der Waals surface area contributed by atoms with Gasteiger partial charge < -0.3 is 5.73 Å². The summed E-state index contributed by atoms with van der Waals surface area (Å²) in [5.41, 5.74) is 5.67. The third-order valence-electron chi connectivity index (χ3n) is 3.02. The molecule has 0 bridgehead atoms. The van der Waals surface area contributed by atoms with Crippen molar-refractivity contribution in [2.75, 3.05) is 6.54 Å². The summed E-state index contributed by atoms with van der Waals surface area (Å²) in [7, 11) is 0. The number of likely N-dealkylation sites (tertiary alicyclic amines) is 1. The van der Waals surface area contributed by atoms with E-state index in [1.165, 1.54) is 12.8 Å². The second-order valence-electron chi connectivity index (χ2n) is 4.27. The summed E-state index contributed by atoms with van der Waals surface area (Å²) in [5.74, 6) is 0.708. The van der Waals surface area contributed by atoms with Crippen molar-refractivity contribution >= 4 is 17.2 Å². The van der Waals surface area contributed by atoms with Gasteiger partial charge in [-0.1, -0.05) is 26.1 Å². The van der Waals surface area contributed by atoms with E-state index in [0.717, 1.165) is 6.54 Å². The minimum Gasteiger partial charge on any atom is -0.392 e. The highest BCUT2D eigenvalue weighted by molar-refractivity contribution is 7.80. The lowest BCUT2D eigenvalue weighted by Crippen LogP contribution is -2.46. The van der Waals surface area contributed by atoms with Crippen LogP contribution in [0.2, 0.25) is 0 Å². The SMILES string of the molecule is CC(C)C1CCCN1C(C)C(N)=S. The quantitative estimate of drug-likeness (QED) is 0.704. The molecule has 1 aliphatic rings. The van der Waals surface area contributed by atoms with Gasteiger partial charge in [0.2, 0.25) is 0 Å². The predicted octanol–water partition coefficient (Wildman–Crippen LogP) is 1.78. The van der Waals surface area contributed by atoms with Gasteiger partial charge in [-0.05, 0) is 32.2 Å². The van der Waals surface area contributed by atoms with Gasteiger partial charge in [0.05, 0.1) is 11.0 Å². The predicted molar refractivity (Wildman–Crippen MR) is 60.8 cm³/mol. The molecule has 0 saturated carbocycles. The highest BCUT2D eigenvalue weighted by Gasteiger charge is 2.31. The molecule has 0 aromatic heterocycles. The van der Waals surface area contributed by atoms with Gasteiger partial charge in [-0.15, -0.1) is 0 Å². The number of nitrogens with zero attached hydrogens (tertiary/aromatic N) is 1. The highest BCUT2D eigenvalue weighted by Crippen LogP contribution is 2.25. The molecule has 76 valence electrons. The number of hydrogen-bond donors (Lipinski definition) is 1.